The fourth-order valence-electron chi connectivity index (χ4n) is 3.50. The molecule has 0 unspecified atom stereocenters. The van der Waals surface area contributed by atoms with Crippen molar-refractivity contribution in [3.8, 4) is 0 Å². The van der Waals surface area contributed by atoms with Gasteiger partial charge in [0.15, 0.2) is 0 Å². The Morgan fingerprint density at radius 2 is 2.13 bits per heavy atom. The first kappa shape index (κ1) is 16.0. The van der Waals surface area contributed by atoms with Crippen LogP contribution in [0, 0.1) is 5.92 Å². The van der Waals surface area contributed by atoms with Gasteiger partial charge in [0.1, 0.15) is 12.4 Å². The van der Waals surface area contributed by atoms with Gasteiger partial charge in [-0.25, -0.2) is 4.98 Å². The van der Waals surface area contributed by atoms with Crippen LogP contribution in [-0.4, -0.2) is 75.8 Å². The van der Waals surface area contributed by atoms with E-state index in [4.69, 9.17) is 0 Å². The maximum Gasteiger partial charge on any atom is 0.241 e. The van der Waals surface area contributed by atoms with Gasteiger partial charge in [-0.05, 0) is 12.8 Å². The van der Waals surface area contributed by atoms with E-state index in [-0.39, 0.29) is 30.3 Å². The van der Waals surface area contributed by atoms with Crippen LogP contribution in [-0.2, 0) is 23.2 Å². The number of imidazole rings is 1. The summed E-state index contributed by atoms with van der Waals surface area (Å²) in [7, 11) is 5.45. The molecule has 23 heavy (non-hydrogen) atoms. The van der Waals surface area contributed by atoms with Crippen molar-refractivity contribution in [1.29, 1.82) is 0 Å². The van der Waals surface area contributed by atoms with Crippen LogP contribution in [0.1, 0.15) is 18.7 Å². The molecule has 0 aromatic carbocycles. The van der Waals surface area contributed by atoms with Crippen molar-refractivity contribution in [2.45, 2.75) is 25.4 Å². The van der Waals surface area contributed by atoms with E-state index in [1.54, 1.807) is 30.1 Å². The predicted octanol–water partition coefficient (Wildman–Crippen LogP) is -0.0689. The van der Waals surface area contributed by atoms with Gasteiger partial charge in [0.2, 0.25) is 11.8 Å². The lowest BCUT2D eigenvalue weighted by atomic mass is 9.94. The molecule has 2 bridgehead atoms. The molecule has 1 aromatic rings. The normalized spacial score (nSPS) is 24.8. The Bertz CT molecular complexity index is 597. The van der Waals surface area contributed by atoms with E-state index in [0.717, 1.165) is 38.3 Å². The van der Waals surface area contributed by atoms with Crippen LogP contribution in [0.5, 0.6) is 0 Å². The maximum atomic E-state index is 12.7. The zero-order chi connectivity index (χ0) is 16.6. The SMILES string of the molecule is CN(C)C(=O)CN1C(=O)[C@@H]2CC[C@H]1CN(Cc1nccn1C)C2. The summed E-state index contributed by atoms with van der Waals surface area (Å²) in [6, 6.07) is 0.130. The first-order valence-corrected chi connectivity index (χ1v) is 8.15. The summed E-state index contributed by atoms with van der Waals surface area (Å²) < 4.78 is 2.02. The fourth-order valence-corrected chi connectivity index (χ4v) is 3.50. The van der Waals surface area contributed by atoms with Crippen molar-refractivity contribution < 1.29 is 9.59 Å². The molecule has 126 valence electrons. The highest BCUT2D eigenvalue weighted by molar-refractivity contribution is 5.86. The predicted molar refractivity (Wildman–Crippen MR) is 85.4 cm³/mol. The number of rotatable bonds is 4. The topological polar surface area (TPSA) is 61.7 Å². The molecule has 4 heterocycles. The second-order valence-corrected chi connectivity index (χ2v) is 6.83. The molecule has 1 aromatic heterocycles. The smallest absolute Gasteiger partial charge is 0.241 e. The summed E-state index contributed by atoms with van der Waals surface area (Å²) in [6.45, 7) is 2.52. The van der Waals surface area contributed by atoms with E-state index in [9.17, 15) is 9.59 Å². The number of carbonyl (C=O) groups is 2. The minimum atomic E-state index is -0.0125. The number of hydrogen-bond donors (Lipinski definition) is 0. The van der Waals surface area contributed by atoms with Gasteiger partial charge in [0, 0.05) is 52.7 Å². The summed E-state index contributed by atoms with van der Waals surface area (Å²) in [5.41, 5.74) is 0. The molecular weight excluding hydrogens is 294 g/mol. The highest BCUT2D eigenvalue weighted by Crippen LogP contribution is 2.29. The van der Waals surface area contributed by atoms with Crippen LogP contribution < -0.4 is 0 Å². The van der Waals surface area contributed by atoms with Crippen LogP contribution in [0.4, 0.5) is 0 Å². The van der Waals surface area contributed by atoms with Crippen LogP contribution in [0.3, 0.4) is 0 Å². The van der Waals surface area contributed by atoms with Gasteiger partial charge in [-0.3, -0.25) is 14.5 Å². The molecule has 0 spiro atoms. The minimum absolute atomic E-state index is 0.00369. The number of aryl methyl sites for hydroxylation is 1. The minimum Gasteiger partial charge on any atom is -0.347 e. The van der Waals surface area contributed by atoms with Crippen molar-refractivity contribution in [2.24, 2.45) is 13.0 Å². The van der Waals surface area contributed by atoms with Gasteiger partial charge in [-0.2, -0.15) is 0 Å². The Kier molecular flexibility index (Phi) is 4.39. The Morgan fingerprint density at radius 1 is 1.35 bits per heavy atom. The summed E-state index contributed by atoms with van der Waals surface area (Å²) in [5, 5.41) is 0. The third-order valence-corrected chi connectivity index (χ3v) is 4.96. The number of aromatic nitrogens is 2. The van der Waals surface area contributed by atoms with Crippen molar-refractivity contribution in [3.63, 3.8) is 0 Å². The Labute approximate surface area is 136 Å². The molecule has 3 aliphatic rings. The largest absolute Gasteiger partial charge is 0.347 e. The molecular formula is C16H25N5O2. The van der Waals surface area contributed by atoms with E-state index in [1.165, 1.54) is 0 Å². The van der Waals surface area contributed by atoms with Gasteiger partial charge >= 0.3 is 0 Å². The van der Waals surface area contributed by atoms with Crippen LogP contribution in [0.15, 0.2) is 12.4 Å². The average Bonchev–Trinajstić information content (AvgIpc) is 2.73. The second-order valence-electron chi connectivity index (χ2n) is 6.83. The highest BCUT2D eigenvalue weighted by atomic mass is 16.2. The first-order valence-electron chi connectivity index (χ1n) is 8.15. The number of carbonyl (C=O) groups excluding carboxylic acids is 2. The van der Waals surface area contributed by atoms with Crippen molar-refractivity contribution in [2.75, 3.05) is 33.7 Å². The van der Waals surface area contributed by atoms with E-state index < -0.39 is 0 Å². The molecule has 2 amide bonds. The summed E-state index contributed by atoms with van der Waals surface area (Å²) in [5.74, 6) is 1.14. The quantitative estimate of drug-likeness (QED) is 0.779. The molecule has 0 aliphatic carbocycles. The molecule has 0 saturated carbocycles. The lowest BCUT2D eigenvalue weighted by molar-refractivity contribution is -0.145. The van der Waals surface area contributed by atoms with Gasteiger partial charge in [0.25, 0.3) is 0 Å². The zero-order valence-corrected chi connectivity index (χ0v) is 14.1. The van der Waals surface area contributed by atoms with E-state index in [1.807, 2.05) is 17.8 Å². The molecule has 2 atom stereocenters. The molecule has 7 nitrogen and oxygen atoms in total. The third-order valence-electron chi connectivity index (χ3n) is 4.96. The second kappa shape index (κ2) is 6.31. The van der Waals surface area contributed by atoms with Gasteiger partial charge in [-0.15, -0.1) is 0 Å². The van der Waals surface area contributed by atoms with Crippen LogP contribution >= 0.6 is 0 Å². The molecule has 3 saturated heterocycles. The molecule has 7 heteroatoms. The zero-order valence-electron chi connectivity index (χ0n) is 14.1. The number of amides is 2. The molecule has 3 fully saturated rings. The number of nitrogens with zero attached hydrogens (tertiary/aromatic N) is 5. The Morgan fingerprint density at radius 3 is 2.78 bits per heavy atom. The molecule has 3 aliphatic heterocycles. The molecule has 0 radical (unpaired) electrons. The first-order chi connectivity index (χ1) is 11.0. The molecule has 4 rings (SSSR count). The summed E-state index contributed by atoms with van der Waals surface area (Å²) in [4.78, 5) is 34.8. The van der Waals surface area contributed by atoms with E-state index in [2.05, 4.69) is 9.88 Å². The van der Waals surface area contributed by atoms with E-state index >= 15 is 0 Å². The van der Waals surface area contributed by atoms with Crippen molar-refractivity contribution in [1.82, 2.24) is 24.3 Å². The monoisotopic (exact) mass is 319 g/mol. The van der Waals surface area contributed by atoms with Crippen LogP contribution in [0.25, 0.3) is 0 Å². The highest BCUT2D eigenvalue weighted by Gasteiger charge is 2.41. The van der Waals surface area contributed by atoms with Crippen molar-refractivity contribution in [3.05, 3.63) is 18.2 Å². The van der Waals surface area contributed by atoms with Gasteiger partial charge in [0.05, 0.1) is 12.5 Å². The summed E-state index contributed by atoms with van der Waals surface area (Å²) in [6.07, 6.45) is 5.64. The van der Waals surface area contributed by atoms with Gasteiger partial charge < -0.3 is 14.4 Å². The lowest BCUT2D eigenvalue weighted by Gasteiger charge is -2.36. The van der Waals surface area contributed by atoms with Gasteiger partial charge in [-0.1, -0.05) is 0 Å². The van der Waals surface area contributed by atoms with E-state index in [0.29, 0.717) is 0 Å². The van der Waals surface area contributed by atoms with Crippen molar-refractivity contribution >= 4 is 11.8 Å². The summed E-state index contributed by atoms with van der Waals surface area (Å²) >= 11 is 0. The maximum absolute atomic E-state index is 12.7. The molecule has 0 N–H and O–H groups in total. The fraction of sp³-hybridized carbons (Fsp3) is 0.688. The number of fused-ring (bicyclic) bond motifs is 4. The number of piperidine rings is 1. The Hall–Kier alpha value is -1.89. The lowest BCUT2D eigenvalue weighted by Crippen LogP contribution is -2.51. The average molecular weight is 319 g/mol. The van der Waals surface area contributed by atoms with Crippen LogP contribution in [0.2, 0.25) is 0 Å². The Balaban J connectivity index is 1.73. The number of likely N-dealkylation sites (N-methyl/N-ethyl adjacent to an activating group) is 1. The standard InChI is InChI=1S/C16H25N5O2/c1-18(2)15(22)11-21-13-5-4-12(16(21)23)8-20(9-13)10-14-17-6-7-19(14)3/h6-7,12-13H,4-5,8-11H2,1-3H3/t12-,13+/m1/s1. The number of hydrogen-bond acceptors (Lipinski definition) is 4. The third kappa shape index (κ3) is 3.24.